The average molecular weight is 321 g/mol. The van der Waals surface area contributed by atoms with Crippen LogP contribution in [0.2, 0.25) is 5.02 Å². The molecule has 8 heteroatoms. The number of aliphatic carboxylic acids is 1. The molecule has 0 spiro atoms. The molecule has 1 saturated carbocycles. The predicted octanol–water partition coefficient (Wildman–Crippen LogP) is 1.55. The van der Waals surface area contributed by atoms with Crippen molar-refractivity contribution >= 4 is 27.4 Å². The Morgan fingerprint density at radius 2 is 2.10 bits per heavy atom. The maximum absolute atomic E-state index is 12.3. The summed E-state index contributed by atoms with van der Waals surface area (Å²) < 4.78 is 26.0. The van der Waals surface area contributed by atoms with Crippen LogP contribution in [0.15, 0.2) is 0 Å². The van der Waals surface area contributed by atoms with Gasteiger partial charge in [-0.05, 0) is 25.2 Å². The number of aromatic nitrogens is 2. The first-order chi connectivity index (χ1) is 9.14. The molecule has 6 nitrogen and oxygen atoms in total. The van der Waals surface area contributed by atoms with Gasteiger partial charge in [-0.1, -0.05) is 11.6 Å². The second-order valence-corrected chi connectivity index (χ2v) is 8.01. The minimum Gasteiger partial charge on any atom is -0.481 e. The Labute approximate surface area is 122 Å². The van der Waals surface area contributed by atoms with Crippen LogP contribution in [0, 0.1) is 12.3 Å². The Morgan fingerprint density at radius 1 is 1.50 bits per heavy atom. The molecule has 1 aliphatic carbocycles. The number of rotatable bonds is 6. The van der Waals surface area contributed by atoms with Crippen molar-refractivity contribution in [2.75, 3.05) is 5.75 Å². The first-order valence-corrected chi connectivity index (χ1v) is 8.44. The Kier molecular flexibility index (Phi) is 3.85. The van der Waals surface area contributed by atoms with E-state index in [1.807, 2.05) is 0 Å². The molecule has 1 heterocycles. The smallest absolute Gasteiger partial charge is 0.303 e. The van der Waals surface area contributed by atoms with Crippen LogP contribution in [-0.4, -0.2) is 35.0 Å². The van der Waals surface area contributed by atoms with Crippen molar-refractivity contribution in [3.05, 3.63) is 16.4 Å². The molecule has 0 aliphatic heterocycles. The summed E-state index contributed by atoms with van der Waals surface area (Å²) in [5.74, 6) is -1.26. The number of nitrogens with zero attached hydrogens (tertiary/aromatic N) is 2. The summed E-state index contributed by atoms with van der Waals surface area (Å²) in [6, 6.07) is 0. The van der Waals surface area contributed by atoms with E-state index in [0.29, 0.717) is 29.3 Å². The first kappa shape index (κ1) is 15.3. The third-order valence-electron chi connectivity index (χ3n) is 3.63. The molecule has 1 aromatic heterocycles. The molecular formula is C12H17ClN2O4S. The summed E-state index contributed by atoms with van der Waals surface area (Å²) in [6.07, 6.45) is 1.21. The summed E-state index contributed by atoms with van der Waals surface area (Å²) in [4.78, 5) is 10.8. The summed E-state index contributed by atoms with van der Waals surface area (Å²) in [7, 11) is -1.77. The highest BCUT2D eigenvalue weighted by atomic mass is 35.5. The van der Waals surface area contributed by atoms with Gasteiger partial charge in [-0.2, -0.15) is 5.10 Å². The number of halogens is 1. The fourth-order valence-electron chi connectivity index (χ4n) is 2.43. The number of carboxylic acids is 1. The van der Waals surface area contributed by atoms with Crippen LogP contribution in [0.1, 0.15) is 30.7 Å². The van der Waals surface area contributed by atoms with E-state index < -0.39 is 21.2 Å². The molecule has 1 aromatic rings. The topological polar surface area (TPSA) is 89.3 Å². The van der Waals surface area contributed by atoms with E-state index in [4.69, 9.17) is 16.7 Å². The van der Waals surface area contributed by atoms with E-state index >= 15 is 0 Å². The van der Waals surface area contributed by atoms with Gasteiger partial charge in [-0.25, -0.2) is 8.42 Å². The number of hydrogen-bond acceptors (Lipinski definition) is 4. The van der Waals surface area contributed by atoms with Crippen LogP contribution >= 0.6 is 11.6 Å². The number of sulfone groups is 1. The lowest BCUT2D eigenvalue weighted by Crippen LogP contribution is -2.22. The van der Waals surface area contributed by atoms with Gasteiger partial charge in [0.05, 0.1) is 34.3 Å². The molecule has 0 radical (unpaired) electrons. The zero-order chi connectivity index (χ0) is 15.1. The zero-order valence-corrected chi connectivity index (χ0v) is 13.0. The maximum Gasteiger partial charge on any atom is 0.303 e. The zero-order valence-electron chi connectivity index (χ0n) is 11.4. The highest BCUT2D eigenvalue weighted by Gasteiger charge is 2.47. The predicted molar refractivity (Wildman–Crippen MR) is 74.4 cm³/mol. The van der Waals surface area contributed by atoms with Crippen molar-refractivity contribution in [1.82, 2.24) is 9.78 Å². The molecule has 0 unspecified atom stereocenters. The molecular weight excluding hydrogens is 304 g/mol. The molecule has 0 saturated heterocycles. The van der Waals surface area contributed by atoms with Gasteiger partial charge in [0.15, 0.2) is 9.84 Å². The Balaban J connectivity index is 2.14. The third kappa shape index (κ3) is 3.32. The monoisotopic (exact) mass is 320 g/mol. The van der Waals surface area contributed by atoms with Crippen molar-refractivity contribution in [2.24, 2.45) is 12.5 Å². The first-order valence-electron chi connectivity index (χ1n) is 6.24. The molecule has 1 fully saturated rings. The van der Waals surface area contributed by atoms with E-state index in [0.717, 1.165) is 0 Å². The van der Waals surface area contributed by atoms with Crippen LogP contribution < -0.4 is 0 Å². The highest BCUT2D eigenvalue weighted by Crippen LogP contribution is 2.50. The highest BCUT2D eigenvalue weighted by molar-refractivity contribution is 7.90. The molecule has 0 amide bonds. The summed E-state index contributed by atoms with van der Waals surface area (Å²) >= 11 is 6.05. The minimum absolute atomic E-state index is 0.0929. The summed E-state index contributed by atoms with van der Waals surface area (Å²) in [5.41, 5.74) is 0.464. The van der Waals surface area contributed by atoms with E-state index in [1.165, 1.54) is 4.68 Å². The molecule has 1 N–H and O–H groups in total. The van der Waals surface area contributed by atoms with Gasteiger partial charge in [0.1, 0.15) is 0 Å². The van der Waals surface area contributed by atoms with Crippen molar-refractivity contribution in [1.29, 1.82) is 0 Å². The maximum atomic E-state index is 12.3. The number of aryl methyl sites for hydroxylation is 2. The quantitative estimate of drug-likeness (QED) is 0.859. The van der Waals surface area contributed by atoms with Gasteiger partial charge < -0.3 is 5.11 Å². The van der Waals surface area contributed by atoms with Gasteiger partial charge >= 0.3 is 5.97 Å². The Bertz CT molecular complexity index is 647. The Morgan fingerprint density at radius 3 is 2.50 bits per heavy atom. The molecule has 0 atom stereocenters. The van der Waals surface area contributed by atoms with E-state index in [-0.39, 0.29) is 17.9 Å². The fraction of sp³-hybridized carbons (Fsp3) is 0.667. The summed E-state index contributed by atoms with van der Waals surface area (Å²) in [6.45, 7) is 1.71. The van der Waals surface area contributed by atoms with E-state index in [9.17, 15) is 13.2 Å². The molecule has 0 bridgehead atoms. The van der Waals surface area contributed by atoms with Crippen LogP contribution in [0.25, 0.3) is 0 Å². The summed E-state index contributed by atoms with van der Waals surface area (Å²) in [5, 5.41) is 13.3. The standard InChI is InChI=1S/C12H17ClN2O4S/c1-8-11(13)9(15(2)14-8)6-20(18,19)7-12(3-4-12)5-10(16)17/h3-7H2,1-2H3,(H,16,17). The van der Waals surface area contributed by atoms with Crippen LogP contribution in [-0.2, 0) is 27.4 Å². The molecule has 112 valence electrons. The normalized spacial score (nSPS) is 17.1. The van der Waals surface area contributed by atoms with Gasteiger partial charge in [-0.15, -0.1) is 0 Å². The molecule has 1 aliphatic rings. The average Bonchev–Trinajstić information content (AvgIpc) is 2.96. The number of carbonyl (C=O) groups is 1. The van der Waals surface area contributed by atoms with Gasteiger partial charge in [0.2, 0.25) is 0 Å². The van der Waals surface area contributed by atoms with Crippen LogP contribution in [0.3, 0.4) is 0 Å². The third-order valence-corrected chi connectivity index (χ3v) is 5.88. The van der Waals surface area contributed by atoms with Gasteiger partial charge in [-0.3, -0.25) is 9.48 Å². The lowest BCUT2D eigenvalue weighted by atomic mass is 10.1. The van der Waals surface area contributed by atoms with Crippen molar-refractivity contribution < 1.29 is 18.3 Å². The van der Waals surface area contributed by atoms with Crippen LogP contribution in [0.5, 0.6) is 0 Å². The van der Waals surface area contributed by atoms with E-state index in [1.54, 1.807) is 14.0 Å². The minimum atomic E-state index is -3.42. The lowest BCUT2D eigenvalue weighted by Gasteiger charge is -2.13. The van der Waals surface area contributed by atoms with Gasteiger partial charge in [0, 0.05) is 7.05 Å². The molecule has 2 rings (SSSR count). The molecule has 0 aromatic carbocycles. The Hall–Kier alpha value is -1.08. The number of carboxylic acid groups (broad SMARTS) is 1. The van der Waals surface area contributed by atoms with Crippen molar-refractivity contribution in [2.45, 2.75) is 31.9 Å². The second-order valence-electron chi connectivity index (χ2n) is 5.57. The SMILES string of the molecule is Cc1nn(C)c(CS(=O)(=O)CC2(CC(=O)O)CC2)c1Cl. The number of hydrogen-bond donors (Lipinski definition) is 1. The lowest BCUT2D eigenvalue weighted by molar-refractivity contribution is -0.138. The van der Waals surface area contributed by atoms with Crippen LogP contribution in [0.4, 0.5) is 0 Å². The molecule has 20 heavy (non-hydrogen) atoms. The second kappa shape index (κ2) is 5.04. The van der Waals surface area contributed by atoms with E-state index in [2.05, 4.69) is 5.10 Å². The van der Waals surface area contributed by atoms with Crippen molar-refractivity contribution in [3.63, 3.8) is 0 Å². The largest absolute Gasteiger partial charge is 0.481 e. The van der Waals surface area contributed by atoms with Crippen molar-refractivity contribution in [3.8, 4) is 0 Å². The van der Waals surface area contributed by atoms with Gasteiger partial charge in [0.25, 0.3) is 0 Å². The fourth-order valence-corrected chi connectivity index (χ4v) is 4.91.